The number of anilines is 3. The molecule has 206 valence electrons. The molecule has 3 aromatic carbocycles. The van der Waals surface area contributed by atoms with Crippen molar-refractivity contribution in [3.8, 4) is 5.75 Å². The largest absolute Gasteiger partial charge is 0.483 e. The predicted molar refractivity (Wildman–Crippen MR) is 143 cm³/mol. The standard InChI is InChI=1S/C26H22ClF5N4O2S/c1-14-4-2-3-5-18(14)38-13-19(37)34-26(39)33-15-6-7-17(16(27)12-15)35-8-10-36(11-9-35)25-23(31)21(29)20(28)22(30)24(25)32/h2-7,12H,8-11,13H2,1H3,(H2,33,34,37,39). The third-order valence-electron chi connectivity index (χ3n) is 6.03. The Bertz CT molecular complexity index is 1390. The molecule has 0 saturated carbocycles. The van der Waals surface area contributed by atoms with Crippen LogP contribution in [0.4, 0.5) is 39.0 Å². The number of halogens is 6. The molecule has 2 N–H and O–H groups in total. The van der Waals surface area contributed by atoms with E-state index in [0.29, 0.717) is 22.1 Å². The molecule has 0 unspecified atom stereocenters. The molecule has 0 radical (unpaired) electrons. The van der Waals surface area contributed by atoms with E-state index in [1.165, 1.54) is 0 Å². The third-order valence-corrected chi connectivity index (χ3v) is 6.54. The van der Waals surface area contributed by atoms with E-state index in [-0.39, 0.29) is 37.9 Å². The summed E-state index contributed by atoms with van der Waals surface area (Å²) in [5.41, 5.74) is 1.03. The van der Waals surface area contributed by atoms with Gasteiger partial charge in [-0.05, 0) is 49.0 Å². The number of amides is 1. The number of piperazine rings is 1. The predicted octanol–water partition coefficient (Wildman–Crippen LogP) is 5.56. The summed E-state index contributed by atoms with van der Waals surface area (Å²) in [5.74, 6) is -9.75. The molecule has 0 aromatic heterocycles. The monoisotopic (exact) mass is 584 g/mol. The number of rotatable bonds is 6. The van der Waals surface area contributed by atoms with Crippen LogP contribution in [0, 0.1) is 36.0 Å². The van der Waals surface area contributed by atoms with Crippen LogP contribution in [-0.4, -0.2) is 43.8 Å². The summed E-state index contributed by atoms with van der Waals surface area (Å²) in [7, 11) is 0. The van der Waals surface area contributed by atoms with Crippen molar-refractivity contribution in [2.24, 2.45) is 0 Å². The topological polar surface area (TPSA) is 56.8 Å². The van der Waals surface area contributed by atoms with Crippen molar-refractivity contribution in [3.05, 3.63) is 82.1 Å². The lowest BCUT2D eigenvalue weighted by Gasteiger charge is -2.38. The summed E-state index contributed by atoms with van der Waals surface area (Å²) >= 11 is 11.6. The van der Waals surface area contributed by atoms with Crippen LogP contribution in [0.2, 0.25) is 5.02 Å². The zero-order valence-electron chi connectivity index (χ0n) is 20.5. The molecule has 13 heteroatoms. The highest BCUT2D eigenvalue weighted by Gasteiger charge is 2.31. The summed E-state index contributed by atoms with van der Waals surface area (Å²) in [6, 6.07) is 12.2. The van der Waals surface area contributed by atoms with Crippen LogP contribution in [0.25, 0.3) is 0 Å². The first kappa shape index (κ1) is 28.4. The molecule has 0 bridgehead atoms. The second-order valence-corrected chi connectivity index (χ2v) is 9.43. The number of carbonyl (C=O) groups excluding carboxylic acids is 1. The van der Waals surface area contributed by atoms with Crippen molar-refractivity contribution < 1.29 is 31.5 Å². The summed E-state index contributed by atoms with van der Waals surface area (Å²) in [4.78, 5) is 15.1. The number of nitrogens with zero attached hydrogens (tertiary/aromatic N) is 2. The van der Waals surface area contributed by atoms with Gasteiger partial charge in [-0.15, -0.1) is 0 Å². The Hall–Kier alpha value is -3.64. The van der Waals surface area contributed by atoms with E-state index in [4.69, 9.17) is 28.6 Å². The average Bonchev–Trinajstić information content (AvgIpc) is 2.91. The molecular weight excluding hydrogens is 563 g/mol. The fourth-order valence-corrected chi connectivity index (χ4v) is 4.60. The van der Waals surface area contributed by atoms with Gasteiger partial charge in [0, 0.05) is 31.9 Å². The molecule has 4 rings (SSSR count). The summed E-state index contributed by atoms with van der Waals surface area (Å²) in [5, 5.41) is 5.73. The van der Waals surface area contributed by atoms with Gasteiger partial charge in [0.25, 0.3) is 5.91 Å². The minimum atomic E-state index is -2.19. The van der Waals surface area contributed by atoms with Crippen LogP contribution in [0.3, 0.4) is 0 Å². The molecule has 1 aliphatic rings. The minimum absolute atomic E-state index is 0.00459. The molecule has 6 nitrogen and oxygen atoms in total. The zero-order valence-corrected chi connectivity index (χ0v) is 22.0. The lowest BCUT2D eigenvalue weighted by molar-refractivity contribution is -0.121. The Kier molecular flexibility index (Phi) is 8.76. The van der Waals surface area contributed by atoms with Gasteiger partial charge in [-0.2, -0.15) is 0 Å². The van der Waals surface area contributed by atoms with E-state index in [1.807, 2.05) is 24.0 Å². The molecular formula is C26H22ClF5N4O2S. The van der Waals surface area contributed by atoms with Crippen LogP contribution < -0.4 is 25.2 Å². The maximum absolute atomic E-state index is 14.2. The number of para-hydroxylation sites is 1. The molecule has 1 fully saturated rings. The Morgan fingerprint density at radius 2 is 1.51 bits per heavy atom. The SMILES string of the molecule is Cc1ccccc1OCC(=O)NC(=S)Nc1ccc(N2CCN(c3c(F)c(F)c(F)c(F)c3F)CC2)c(Cl)c1. The fourth-order valence-electron chi connectivity index (χ4n) is 4.07. The van der Waals surface area contributed by atoms with Crippen LogP contribution in [0.15, 0.2) is 42.5 Å². The van der Waals surface area contributed by atoms with Crippen molar-refractivity contribution in [2.45, 2.75) is 6.92 Å². The number of aryl methyl sites for hydroxylation is 1. The molecule has 0 aliphatic carbocycles. The number of hydrogen-bond acceptors (Lipinski definition) is 5. The van der Waals surface area contributed by atoms with Crippen molar-refractivity contribution in [1.29, 1.82) is 0 Å². The van der Waals surface area contributed by atoms with Crippen molar-refractivity contribution in [3.63, 3.8) is 0 Å². The van der Waals surface area contributed by atoms with Gasteiger partial charge in [0.2, 0.25) is 5.82 Å². The Morgan fingerprint density at radius 1 is 0.923 bits per heavy atom. The Morgan fingerprint density at radius 3 is 2.13 bits per heavy atom. The highest BCUT2D eigenvalue weighted by molar-refractivity contribution is 7.80. The summed E-state index contributed by atoms with van der Waals surface area (Å²) in [6.07, 6.45) is 0. The molecule has 39 heavy (non-hydrogen) atoms. The zero-order chi connectivity index (χ0) is 28.3. The third kappa shape index (κ3) is 6.34. The first-order valence-electron chi connectivity index (χ1n) is 11.7. The van der Waals surface area contributed by atoms with Crippen molar-refractivity contribution in [1.82, 2.24) is 5.32 Å². The molecule has 0 spiro atoms. The van der Waals surface area contributed by atoms with E-state index >= 15 is 0 Å². The summed E-state index contributed by atoms with van der Waals surface area (Å²) in [6.45, 7) is 2.04. The van der Waals surface area contributed by atoms with Gasteiger partial charge in [0.1, 0.15) is 11.4 Å². The number of carbonyl (C=O) groups is 1. The highest BCUT2D eigenvalue weighted by Crippen LogP contribution is 2.33. The van der Waals surface area contributed by atoms with Gasteiger partial charge in [0.15, 0.2) is 35.0 Å². The van der Waals surface area contributed by atoms with E-state index < -0.39 is 40.7 Å². The molecule has 3 aromatic rings. The Labute approximate surface area is 231 Å². The molecule has 1 aliphatic heterocycles. The molecule has 1 amide bonds. The smallest absolute Gasteiger partial charge is 0.264 e. The van der Waals surface area contributed by atoms with Gasteiger partial charge in [0.05, 0.1) is 10.7 Å². The number of benzene rings is 3. The quantitative estimate of drug-likeness (QED) is 0.171. The van der Waals surface area contributed by atoms with Crippen LogP contribution in [0.5, 0.6) is 5.75 Å². The van der Waals surface area contributed by atoms with Crippen molar-refractivity contribution in [2.75, 3.05) is 47.9 Å². The Balaban J connectivity index is 1.33. The number of hydrogen-bond donors (Lipinski definition) is 2. The van der Waals surface area contributed by atoms with Gasteiger partial charge >= 0.3 is 0 Å². The number of nitrogens with one attached hydrogen (secondary N) is 2. The maximum atomic E-state index is 14.2. The molecule has 1 heterocycles. The minimum Gasteiger partial charge on any atom is -0.483 e. The number of thiocarbonyl (C=S) groups is 1. The van der Waals surface area contributed by atoms with E-state index in [2.05, 4.69) is 10.6 Å². The lowest BCUT2D eigenvalue weighted by Crippen LogP contribution is -2.47. The lowest BCUT2D eigenvalue weighted by atomic mass is 10.2. The highest BCUT2D eigenvalue weighted by atomic mass is 35.5. The summed E-state index contributed by atoms with van der Waals surface area (Å²) < 4.78 is 74.5. The van der Waals surface area contributed by atoms with Crippen LogP contribution >= 0.6 is 23.8 Å². The van der Waals surface area contributed by atoms with Crippen LogP contribution in [-0.2, 0) is 4.79 Å². The van der Waals surface area contributed by atoms with E-state index in [9.17, 15) is 26.7 Å². The second kappa shape index (κ2) is 12.0. The van der Waals surface area contributed by atoms with Crippen molar-refractivity contribution >= 4 is 51.9 Å². The normalized spacial score (nSPS) is 13.3. The molecule has 1 saturated heterocycles. The van der Waals surface area contributed by atoms with Gasteiger partial charge < -0.3 is 19.9 Å². The average molecular weight is 585 g/mol. The first-order chi connectivity index (χ1) is 18.6. The maximum Gasteiger partial charge on any atom is 0.264 e. The van der Waals surface area contributed by atoms with Gasteiger partial charge in [-0.3, -0.25) is 10.1 Å². The van der Waals surface area contributed by atoms with E-state index in [1.54, 1.807) is 30.3 Å². The van der Waals surface area contributed by atoms with E-state index in [0.717, 1.165) is 10.5 Å². The molecule has 0 atom stereocenters. The first-order valence-corrected chi connectivity index (χ1v) is 12.5. The van der Waals surface area contributed by atoms with Gasteiger partial charge in [-0.1, -0.05) is 29.8 Å². The fraction of sp³-hybridized carbons (Fsp3) is 0.231. The number of ether oxygens (including phenoxy) is 1. The van der Waals surface area contributed by atoms with Gasteiger partial charge in [-0.25, -0.2) is 22.0 Å². The second-order valence-electron chi connectivity index (χ2n) is 8.62. The van der Waals surface area contributed by atoms with Crippen LogP contribution in [0.1, 0.15) is 5.56 Å².